The first-order valence-corrected chi connectivity index (χ1v) is 10.2. The van der Waals surface area contributed by atoms with E-state index in [4.69, 9.17) is 16.3 Å². The number of carbonyl (C=O) groups excluding carboxylic acids is 1. The highest BCUT2D eigenvalue weighted by Gasteiger charge is 2.23. The summed E-state index contributed by atoms with van der Waals surface area (Å²) in [6.45, 7) is 6.45. The third-order valence-electron chi connectivity index (χ3n) is 5.17. The summed E-state index contributed by atoms with van der Waals surface area (Å²) in [6, 6.07) is 7.88. The molecule has 0 unspecified atom stereocenters. The summed E-state index contributed by atoms with van der Waals surface area (Å²) in [5.74, 6) is 0.279. The van der Waals surface area contributed by atoms with E-state index >= 15 is 0 Å². The number of nitrogens with zero attached hydrogens (tertiary/aromatic N) is 3. The fourth-order valence-electron chi connectivity index (χ4n) is 3.58. The Labute approximate surface area is 176 Å². The van der Waals surface area contributed by atoms with E-state index in [1.807, 2.05) is 12.1 Å². The number of benzene rings is 1. The molecule has 7 heteroatoms. The van der Waals surface area contributed by atoms with Gasteiger partial charge in [-0.1, -0.05) is 11.6 Å². The molecule has 0 amide bonds. The summed E-state index contributed by atoms with van der Waals surface area (Å²) < 4.78 is 6.19. The van der Waals surface area contributed by atoms with Crippen LogP contribution in [0.3, 0.4) is 0 Å². The second-order valence-electron chi connectivity index (χ2n) is 7.95. The number of hydrogen-bond acceptors (Lipinski definition) is 5. The Morgan fingerprint density at radius 2 is 2.03 bits per heavy atom. The van der Waals surface area contributed by atoms with Crippen LogP contribution < -0.4 is 4.74 Å². The molecule has 0 atom stereocenters. The summed E-state index contributed by atoms with van der Waals surface area (Å²) in [7, 11) is 3.54. The number of piperidine rings is 1. The molecular weight excluding hydrogens is 388 g/mol. The van der Waals surface area contributed by atoms with Gasteiger partial charge in [0.25, 0.3) is 0 Å². The highest BCUT2D eigenvalue weighted by Crippen LogP contribution is 2.33. The van der Waals surface area contributed by atoms with Crippen molar-refractivity contribution in [2.24, 2.45) is 0 Å². The number of halogens is 1. The standard InChI is InChI=1S/C22H27ClN4O2/c1-14(2)27-7-5-17(6-8-27)29-21-10-15-9-20(25-19(15)11-18(21)23)22(28)16(12-24)13-26(3)4/h9-11,13-14,17,25H,5-8H2,1-4H3/b16-13+. The van der Waals surface area contributed by atoms with Crippen LogP contribution in [0.1, 0.15) is 37.2 Å². The Balaban J connectivity index is 1.79. The van der Waals surface area contributed by atoms with Crippen molar-refractivity contribution in [3.05, 3.63) is 40.7 Å². The Bertz CT molecular complexity index is 963. The van der Waals surface area contributed by atoms with E-state index in [2.05, 4.69) is 23.7 Å². The van der Waals surface area contributed by atoms with Crippen LogP contribution in [0.2, 0.25) is 5.02 Å². The first-order valence-electron chi connectivity index (χ1n) is 9.84. The topological polar surface area (TPSA) is 72.4 Å². The molecule has 2 aromatic rings. The number of carbonyl (C=O) groups is 1. The zero-order valence-electron chi connectivity index (χ0n) is 17.3. The number of H-pyrrole nitrogens is 1. The van der Waals surface area contributed by atoms with Crippen LogP contribution in [-0.4, -0.2) is 59.9 Å². The third kappa shape index (κ3) is 4.92. The molecule has 0 radical (unpaired) electrons. The summed E-state index contributed by atoms with van der Waals surface area (Å²) in [6.07, 6.45) is 3.57. The van der Waals surface area contributed by atoms with Crippen LogP contribution in [0.15, 0.2) is 30.0 Å². The van der Waals surface area contributed by atoms with E-state index in [1.54, 1.807) is 31.1 Å². The summed E-state index contributed by atoms with van der Waals surface area (Å²) in [4.78, 5) is 19.8. The summed E-state index contributed by atoms with van der Waals surface area (Å²) >= 11 is 6.44. The maximum atomic E-state index is 12.6. The van der Waals surface area contributed by atoms with E-state index < -0.39 is 0 Å². The molecular formula is C22H27ClN4O2. The molecule has 0 spiro atoms. The number of Topliss-reactive ketones (excluding diaryl/α,β-unsaturated/α-hetero) is 1. The van der Waals surface area contributed by atoms with Gasteiger partial charge in [-0.3, -0.25) is 4.79 Å². The maximum Gasteiger partial charge on any atom is 0.221 e. The molecule has 0 aliphatic carbocycles. The maximum absolute atomic E-state index is 12.6. The normalized spacial score (nSPS) is 16.2. The van der Waals surface area contributed by atoms with Crippen LogP contribution in [0.4, 0.5) is 0 Å². The van der Waals surface area contributed by atoms with Crippen LogP contribution in [0.5, 0.6) is 5.75 Å². The fourth-order valence-corrected chi connectivity index (χ4v) is 3.79. The van der Waals surface area contributed by atoms with Gasteiger partial charge in [0.2, 0.25) is 5.78 Å². The van der Waals surface area contributed by atoms with Crippen molar-refractivity contribution >= 4 is 28.3 Å². The van der Waals surface area contributed by atoms with E-state index in [0.29, 0.717) is 22.5 Å². The lowest BCUT2D eigenvalue weighted by molar-refractivity contribution is 0.0844. The van der Waals surface area contributed by atoms with Crippen LogP contribution in [-0.2, 0) is 0 Å². The Morgan fingerprint density at radius 3 is 2.62 bits per heavy atom. The van der Waals surface area contributed by atoms with Crippen molar-refractivity contribution in [1.82, 2.24) is 14.8 Å². The quantitative estimate of drug-likeness (QED) is 0.435. The smallest absolute Gasteiger partial charge is 0.221 e. The molecule has 6 nitrogen and oxygen atoms in total. The van der Waals surface area contributed by atoms with E-state index in [-0.39, 0.29) is 17.5 Å². The van der Waals surface area contributed by atoms with Gasteiger partial charge in [0.15, 0.2) is 0 Å². The minimum Gasteiger partial charge on any atom is -0.489 e. The van der Waals surface area contributed by atoms with Gasteiger partial charge in [-0.25, -0.2) is 0 Å². The van der Waals surface area contributed by atoms with Gasteiger partial charge in [0, 0.05) is 50.3 Å². The number of hydrogen-bond donors (Lipinski definition) is 1. The van der Waals surface area contributed by atoms with Crippen molar-refractivity contribution in [2.75, 3.05) is 27.2 Å². The van der Waals surface area contributed by atoms with Crippen molar-refractivity contribution in [1.29, 1.82) is 5.26 Å². The molecule has 1 N–H and O–H groups in total. The van der Waals surface area contributed by atoms with Gasteiger partial charge in [0.1, 0.15) is 23.5 Å². The van der Waals surface area contributed by atoms with Gasteiger partial charge in [-0.05, 0) is 44.9 Å². The number of aromatic nitrogens is 1. The van der Waals surface area contributed by atoms with Crippen molar-refractivity contribution in [2.45, 2.75) is 38.8 Å². The van der Waals surface area contributed by atoms with Crippen molar-refractivity contribution < 1.29 is 9.53 Å². The highest BCUT2D eigenvalue weighted by molar-refractivity contribution is 6.32. The molecule has 1 aromatic carbocycles. The number of likely N-dealkylation sites (tertiary alicyclic amines) is 1. The number of aromatic amines is 1. The lowest BCUT2D eigenvalue weighted by atomic mass is 10.1. The Hall–Kier alpha value is -2.49. The third-order valence-corrected chi connectivity index (χ3v) is 5.47. The van der Waals surface area contributed by atoms with Gasteiger partial charge >= 0.3 is 0 Å². The van der Waals surface area contributed by atoms with E-state index in [9.17, 15) is 10.1 Å². The van der Waals surface area contributed by atoms with Gasteiger partial charge in [-0.2, -0.15) is 5.26 Å². The minimum absolute atomic E-state index is 0.0704. The molecule has 0 saturated carbocycles. The Morgan fingerprint density at radius 1 is 1.34 bits per heavy atom. The van der Waals surface area contributed by atoms with Crippen LogP contribution in [0, 0.1) is 11.3 Å². The van der Waals surface area contributed by atoms with E-state index in [0.717, 1.165) is 36.8 Å². The molecule has 2 heterocycles. The lowest BCUT2D eigenvalue weighted by Crippen LogP contribution is -2.41. The average molecular weight is 415 g/mol. The summed E-state index contributed by atoms with van der Waals surface area (Å²) in [5, 5.41) is 10.6. The minimum atomic E-state index is -0.350. The first-order chi connectivity index (χ1) is 13.8. The molecule has 1 saturated heterocycles. The summed E-state index contributed by atoms with van der Waals surface area (Å²) in [5.41, 5.74) is 1.16. The predicted octanol–water partition coefficient (Wildman–Crippen LogP) is 4.22. The highest BCUT2D eigenvalue weighted by atomic mass is 35.5. The second-order valence-corrected chi connectivity index (χ2v) is 8.35. The molecule has 154 valence electrons. The number of allylic oxidation sites excluding steroid dienone is 1. The molecule has 1 aliphatic rings. The molecule has 1 fully saturated rings. The van der Waals surface area contributed by atoms with Crippen LogP contribution in [0.25, 0.3) is 10.9 Å². The van der Waals surface area contributed by atoms with Crippen molar-refractivity contribution in [3.8, 4) is 11.8 Å². The van der Waals surface area contributed by atoms with Crippen molar-refractivity contribution in [3.63, 3.8) is 0 Å². The zero-order valence-corrected chi connectivity index (χ0v) is 18.1. The molecule has 0 bridgehead atoms. The van der Waals surface area contributed by atoms with Gasteiger partial charge in [0.05, 0.1) is 10.7 Å². The number of nitriles is 1. The zero-order chi connectivity index (χ0) is 21.1. The first kappa shape index (κ1) is 21.2. The SMILES string of the molecule is CC(C)N1CCC(Oc2cc3cc(C(=O)/C(C#N)=C/N(C)C)[nH]c3cc2Cl)CC1. The fraction of sp³-hybridized carbons (Fsp3) is 0.455. The van der Waals surface area contributed by atoms with Crippen LogP contribution >= 0.6 is 11.6 Å². The van der Waals surface area contributed by atoms with Gasteiger partial charge in [-0.15, -0.1) is 0 Å². The molecule has 29 heavy (non-hydrogen) atoms. The number of ether oxygens (including phenoxy) is 1. The largest absolute Gasteiger partial charge is 0.489 e. The number of fused-ring (bicyclic) bond motifs is 1. The number of rotatable bonds is 6. The molecule has 1 aromatic heterocycles. The Kier molecular flexibility index (Phi) is 6.51. The number of nitrogens with one attached hydrogen (secondary N) is 1. The second kappa shape index (κ2) is 8.89. The predicted molar refractivity (Wildman–Crippen MR) is 115 cm³/mol. The monoisotopic (exact) mass is 414 g/mol. The lowest BCUT2D eigenvalue weighted by Gasteiger charge is -2.34. The van der Waals surface area contributed by atoms with E-state index in [1.165, 1.54) is 6.20 Å². The molecule has 1 aliphatic heterocycles. The molecule has 3 rings (SSSR count). The number of ketones is 1. The average Bonchev–Trinajstić information content (AvgIpc) is 3.08. The van der Waals surface area contributed by atoms with Gasteiger partial charge < -0.3 is 19.5 Å².